The third kappa shape index (κ3) is 5.60. The smallest absolute Gasteiger partial charge is 0.255 e. The van der Waals surface area contributed by atoms with Crippen LogP contribution in [-0.4, -0.2) is 60.6 Å². The Morgan fingerprint density at radius 3 is 2.33 bits per heavy atom. The highest BCUT2D eigenvalue weighted by Crippen LogP contribution is 2.27. The summed E-state index contributed by atoms with van der Waals surface area (Å²) in [6.45, 7) is 2.26. The number of anilines is 3. The zero-order valence-corrected chi connectivity index (χ0v) is 18.9. The van der Waals surface area contributed by atoms with Crippen molar-refractivity contribution in [2.24, 2.45) is 5.92 Å². The van der Waals surface area contributed by atoms with E-state index < -0.39 is 0 Å². The van der Waals surface area contributed by atoms with E-state index >= 15 is 0 Å². The molecule has 1 fully saturated rings. The number of rotatable bonds is 8. The van der Waals surface area contributed by atoms with Gasteiger partial charge < -0.3 is 15.5 Å². The van der Waals surface area contributed by atoms with Crippen LogP contribution in [0.4, 0.5) is 17.2 Å². The van der Waals surface area contributed by atoms with Crippen molar-refractivity contribution in [2.75, 3.05) is 43.9 Å². The maximum Gasteiger partial charge on any atom is 0.255 e. The molecule has 8 nitrogen and oxygen atoms in total. The zero-order valence-electron chi connectivity index (χ0n) is 18.9. The van der Waals surface area contributed by atoms with Crippen LogP contribution in [-0.2, 0) is 11.2 Å². The van der Waals surface area contributed by atoms with Crippen molar-refractivity contribution in [2.45, 2.75) is 6.42 Å². The van der Waals surface area contributed by atoms with Gasteiger partial charge in [-0.05, 0) is 74.6 Å². The lowest BCUT2D eigenvalue weighted by molar-refractivity contribution is -0.123. The molecule has 0 spiro atoms. The number of amides is 2. The monoisotopic (exact) mass is 444 g/mol. The normalized spacial score (nSPS) is 13.4. The molecule has 1 aromatic heterocycles. The van der Waals surface area contributed by atoms with Crippen LogP contribution in [0, 0.1) is 5.92 Å². The van der Waals surface area contributed by atoms with E-state index in [1.54, 1.807) is 47.5 Å². The molecule has 0 unspecified atom stereocenters. The van der Waals surface area contributed by atoms with Crippen molar-refractivity contribution in [1.82, 2.24) is 20.4 Å². The molecule has 2 heterocycles. The summed E-state index contributed by atoms with van der Waals surface area (Å²) >= 11 is 0. The van der Waals surface area contributed by atoms with Gasteiger partial charge in [-0.25, -0.2) is 0 Å². The van der Waals surface area contributed by atoms with Gasteiger partial charge >= 0.3 is 0 Å². The number of nitrogens with one attached hydrogen (secondary N) is 2. The average Bonchev–Trinajstić information content (AvgIpc) is 2.79. The number of carbonyl (C=O) groups excluding carboxylic acids is 2. The van der Waals surface area contributed by atoms with Gasteiger partial charge in [-0.2, -0.15) is 5.10 Å². The lowest BCUT2D eigenvalue weighted by Crippen LogP contribution is -2.51. The van der Waals surface area contributed by atoms with Crippen molar-refractivity contribution in [1.29, 1.82) is 0 Å². The predicted molar refractivity (Wildman–Crippen MR) is 129 cm³/mol. The quantitative estimate of drug-likeness (QED) is 0.555. The van der Waals surface area contributed by atoms with E-state index in [-0.39, 0.29) is 17.7 Å². The summed E-state index contributed by atoms with van der Waals surface area (Å²) in [6, 6.07) is 18.3. The molecule has 2 aromatic carbocycles. The van der Waals surface area contributed by atoms with E-state index in [9.17, 15) is 9.59 Å². The summed E-state index contributed by atoms with van der Waals surface area (Å²) in [5, 5.41) is 14.1. The van der Waals surface area contributed by atoms with E-state index in [0.717, 1.165) is 18.7 Å². The summed E-state index contributed by atoms with van der Waals surface area (Å²) in [5.74, 6) is 0.112. The minimum absolute atomic E-state index is 0.0409. The van der Waals surface area contributed by atoms with E-state index in [1.165, 1.54) is 5.56 Å². The Morgan fingerprint density at radius 1 is 1.03 bits per heavy atom. The van der Waals surface area contributed by atoms with Crippen LogP contribution in [0.15, 0.2) is 66.9 Å². The molecule has 170 valence electrons. The fraction of sp³-hybridized carbons (Fsp3) is 0.280. The first-order valence-electron chi connectivity index (χ1n) is 11.0. The number of likely N-dealkylation sites (N-methyl/N-ethyl adjacent to an activating group) is 1. The highest BCUT2D eigenvalue weighted by atomic mass is 16.2. The van der Waals surface area contributed by atoms with Crippen molar-refractivity contribution < 1.29 is 9.59 Å². The summed E-state index contributed by atoms with van der Waals surface area (Å²) in [4.78, 5) is 29.5. The molecule has 0 aliphatic carbocycles. The Hall–Kier alpha value is -3.62. The lowest BCUT2D eigenvalue weighted by atomic mass is 10.0. The topological polar surface area (TPSA) is 90.5 Å². The minimum Gasteiger partial charge on any atom is -0.322 e. The molecule has 0 saturated carbocycles. The molecule has 0 radical (unpaired) electrons. The highest BCUT2D eigenvalue weighted by Gasteiger charge is 2.31. The molecule has 8 heteroatoms. The summed E-state index contributed by atoms with van der Waals surface area (Å²) in [7, 11) is 4.10. The van der Waals surface area contributed by atoms with Crippen molar-refractivity contribution in [3.8, 4) is 0 Å². The van der Waals surface area contributed by atoms with Crippen LogP contribution in [0.1, 0.15) is 15.9 Å². The summed E-state index contributed by atoms with van der Waals surface area (Å²) < 4.78 is 0. The van der Waals surface area contributed by atoms with Crippen LogP contribution in [0.3, 0.4) is 0 Å². The van der Waals surface area contributed by atoms with Gasteiger partial charge in [0, 0.05) is 37.1 Å². The zero-order chi connectivity index (χ0) is 23.2. The first-order valence-corrected chi connectivity index (χ1v) is 11.0. The third-order valence-corrected chi connectivity index (χ3v) is 5.59. The SMILES string of the molecule is CN(C)CCc1ccc(NC(=O)c2ccc(N(C(=O)C3CNC3)c3cccnn3)cc2)cc1. The first kappa shape index (κ1) is 22.6. The first-order chi connectivity index (χ1) is 16.0. The number of hydrogen-bond donors (Lipinski definition) is 2. The molecular weight excluding hydrogens is 416 g/mol. The van der Waals surface area contributed by atoms with E-state index in [0.29, 0.717) is 30.2 Å². The van der Waals surface area contributed by atoms with Gasteiger partial charge in [-0.15, -0.1) is 5.10 Å². The molecule has 1 aliphatic heterocycles. The number of aromatic nitrogens is 2. The summed E-state index contributed by atoms with van der Waals surface area (Å²) in [5.41, 5.74) is 3.12. The van der Waals surface area contributed by atoms with Crippen LogP contribution in [0.2, 0.25) is 0 Å². The van der Waals surface area contributed by atoms with Crippen LogP contribution >= 0.6 is 0 Å². The molecule has 3 aromatic rings. The largest absolute Gasteiger partial charge is 0.322 e. The Morgan fingerprint density at radius 2 is 1.76 bits per heavy atom. The van der Waals surface area contributed by atoms with Crippen LogP contribution < -0.4 is 15.5 Å². The van der Waals surface area contributed by atoms with Gasteiger partial charge in [0.1, 0.15) is 0 Å². The molecule has 2 N–H and O–H groups in total. The maximum atomic E-state index is 13.0. The number of hydrogen-bond acceptors (Lipinski definition) is 6. The van der Waals surface area contributed by atoms with Crippen molar-refractivity contribution in [3.63, 3.8) is 0 Å². The Balaban J connectivity index is 1.46. The molecule has 0 bridgehead atoms. The maximum absolute atomic E-state index is 13.0. The van der Waals surface area contributed by atoms with E-state index in [2.05, 4.69) is 25.7 Å². The van der Waals surface area contributed by atoms with Gasteiger partial charge in [0.05, 0.1) is 11.6 Å². The number of nitrogens with zero attached hydrogens (tertiary/aromatic N) is 4. The van der Waals surface area contributed by atoms with Gasteiger partial charge in [-0.3, -0.25) is 14.5 Å². The minimum atomic E-state index is -0.205. The fourth-order valence-electron chi connectivity index (χ4n) is 3.50. The van der Waals surface area contributed by atoms with E-state index in [4.69, 9.17) is 0 Å². The van der Waals surface area contributed by atoms with Crippen LogP contribution in [0.5, 0.6) is 0 Å². The standard InChI is InChI=1S/C25H28N6O2/c1-30(2)15-13-18-5-9-21(10-6-18)28-24(32)19-7-11-22(12-8-19)31(23-4-3-14-27-29-23)25(33)20-16-26-17-20/h3-12,14,20,26H,13,15-17H2,1-2H3,(H,28,32). The second-order valence-electron chi connectivity index (χ2n) is 8.36. The van der Waals surface area contributed by atoms with Gasteiger partial charge in [0.15, 0.2) is 5.82 Å². The number of benzene rings is 2. The van der Waals surface area contributed by atoms with Gasteiger partial charge in [0.2, 0.25) is 5.91 Å². The van der Waals surface area contributed by atoms with E-state index in [1.807, 2.05) is 38.4 Å². The highest BCUT2D eigenvalue weighted by molar-refractivity contribution is 6.05. The second kappa shape index (κ2) is 10.3. The van der Waals surface area contributed by atoms with Crippen LogP contribution in [0.25, 0.3) is 0 Å². The molecule has 2 amide bonds. The third-order valence-electron chi connectivity index (χ3n) is 5.59. The summed E-state index contributed by atoms with van der Waals surface area (Å²) in [6.07, 6.45) is 2.53. The molecule has 1 aliphatic rings. The van der Waals surface area contributed by atoms with Gasteiger partial charge in [0.25, 0.3) is 5.91 Å². The molecule has 1 saturated heterocycles. The molecule has 0 atom stereocenters. The number of carbonyl (C=O) groups is 2. The predicted octanol–water partition coefficient (Wildman–Crippen LogP) is 2.72. The van der Waals surface area contributed by atoms with Gasteiger partial charge in [-0.1, -0.05) is 12.1 Å². The molecule has 4 rings (SSSR count). The fourth-order valence-corrected chi connectivity index (χ4v) is 3.50. The average molecular weight is 445 g/mol. The molecule has 33 heavy (non-hydrogen) atoms. The molecular formula is C25H28N6O2. The van der Waals surface area contributed by atoms with Crippen molar-refractivity contribution >= 4 is 29.0 Å². The lowest BCUT2D eigenvalue weighted by Gasteiger charge is -2.31. The second-order valence-corrected chi connectivity index (χ2v) is 8.36. The Bertz CT molecular complexity index is 1080. The Labute approximate surface area is 193 Å². The Kier molecular flexibility index (Phi) is 7.07. The van der Waals surface area contributed by atoms with Crippen molar-refractivity contribution in [3.05, 3.63) is 78.0 Å².